The number of unbranched alkanes of at least 4 members (excludes halogenated alkanes) is 1. The number of carbonyl (C=O) groups excluding carboxylic acids is 1. The van der Waals surface area contributed by atoms with Gasteiger partial charge >= 0.3 is 0 Å². The molecule has 0 spiro atoms. The summed E-state index contributed by atoms with van der Waals surface area (Å²) in [6.07, 6.45) is 1.83. The molecule has 0 atom stereocenters. The second kappa shape index (κ2) is 5.25. The maximum absolute atomic E-state index is 11.5. The summed E-state index contributed by atoms with van der Waals surface area (Å²) in [5, 5.41) is 30.1. The van der Waals surface area contributed by atoms with Gasteiger partial charge in [0.05, 0.1) is 0 Å². The van der Waals surface area contributed by atoms with Gasteiger partial charge in [-0.3, -0.25) is 4.79 Å². The molecule has 1 amide bonds. The average Bonchev–Trinajstić information content (AvgIpc) is 2.25. The van der Waals surface area contributed by atoms with Crippen molar-refractivity contribution in [3.8, 4) is 17.2 Å². The van der Waals surface area contributed by atoms with Crippen molar-refractivity contribution in [1.82, 2.24) is 5.32 Å². The Labute approximate surface area is 93.4 Å². The summed E-state index contributed by atoms with van der Waals surface area (Å²) < 4.78 is 0. The Balaban J connectivity index is 2.76. The molecule has 0 aromatic heterocycles. The molecule has 0 unspecified atom stereocenters. The SMILES string of the molecule is CCCCNC(=O)c1cc(O)c(O)c(O)c1. The van der Waals surface area contributed by atoms with Crippen LogP contribution in [0.1, 0.15) is 30.1 Å². The van der Waals surface area contributed by atoms with Crippen molar-refractivity contribution in [3.05, 3.63) is 17.7 Å². The third-order valence-corrected chi connectivity index (χ3v) is 2.15. The van der Waals surface area contributed by atoms with Gasteiger partial charge in [0.25, 0.3) is 5.91 Å². The van der Waals surface area contributed by atoms with Crippen LogP contribution in [0.4, 0.5) is 0 Å². The number of phenols is 3. The van der Waals surface area contributed by atoms with Crippen molar-refractivity contribution in [2.75, 3.05) is 6.54 Å². The van der Waals surface area contributed by atoms with Gasteiger partial charge in [-0.05, 0) is 18.6 Å². The molecule has 0 saturated carbocycles. The van der Waals surface area contributed by atoms with Crippen LogP contribution in [0.15, 0.2) is 12.1 Å². The van der Waals surface area contributed by atoms with Crippen LogP contribution in [-0.4, -0.2) is 27.8 Å². The molecular formula is C11H15NO4. The van der Waals surface area contributed by atoms with Gasteiger partial charge in [-0.1, -0.05) is 13.3 Å². The number of hydrogen-bond acceptors (Lipinski definition) is 4. The molecule has 4 N–H and O–H groups in total. The Bertz CT molecular complexity index is 367. The van der Waals surface area contributed by atoms with Crippen molar-refractivity contribution in [2.45, 2.75) is 19.8 Å². The van der Waals surface area contributed by atoms with Crippen molar-refractivity contribution in [1.29, 1.82) is 0 Å². The smallest absolute Gasteiger partial charge is 0.251 e. The molecule has 0 bridgehead atoms. The Morgan fingerprint density at radius 1 is 1.25 bits per heavy atom. The summed E-state index contributed by atoms with van der Waals surface area (Å²) in [5.74, 6) is -2.04. The van der Waals surface area contributed by atoms with Gasteiger partial charge in [0.1, 0.15) is 0 Å². The van der Waals surface area contributed by atoms with Gasteiger partial charge in [0, 0.05) is 12.1 Å². The largest absolute Gasteiger partial charge is 0.504 e. The minimum atomic E-state index is -0.620. The molecule has 0 heterocycles. The fraction of sp³-hybridized carbons (Fsp3) is 0.364. The van der Waals surface area contributed by atoms with E-state index in [-0.39, 0.29) is 11.5 Å². The molecule has 88 valence electrons. The van der Waals surface area contributed by atoms with Crippen LogP contribution in [0, 0.1) is 0 Å². The van der Waals surface area contributed by atoms with Gasteiger partial charge in [-0.15, -0.1) is 0 Å². The Hall–Kier alpha value is -1.91. The zero-order valence-corrected chi connectivity index (χ0v) is 9.03. The highest BCUT2D eigenvalue weighted by Crippen LogP contribution is 2.35. The molecule has 0 aliphatic carbocycles. The zero-order valence-electron chi connectivity index (χ0n) is 9.03. The number of phenolic OH excluding ortho intramolecular Hbond substituents is 3. The normalized spacial score (nSPS) is 10.1. The lowest BCUT2D eigenvalue weighted by molar-refractivity contribution is 0.0952. The second-order valence-corrected chi connectivity index (χ2v) is 3.47. The highest BCUT2D eigenvalue weighted by Gasteiger charge is 2.12. The maximum atomic E-state index is 11.5. The lowest BCUT2D eigenvalue weighted by Crippen LogP contribution is -2.24. The Morgan fingerprint density at radius 3 is 2.31 bits per heavy atom. The van der Waals surface area contributed by atoms with E-state index in [1.807, 2.05) is 6.92 Å². The van der Waals surface area contributed by atoms with Crippen molar-refractivity contribution >= 4 is 5.91 Å². The van der Waals surface area contributed by atoms with E-state index in [9.17, 15) is 15.0 Å². The summed E-state index contributed by atoms with van der Waals surface area (Å²) >= 11 is 0. The number of amides is 1. The summed E-state index contributed by atoms with van der Waals surface area (Å²) in [4.78, 5) is 11.5. The Kier molecular flexibility index (Phi) is 3.99. The topological polar surface area (TPSA) is 89.8 Å². The van der Waals surface area contributed by atoms with E-state index in [1.54, 1.807) is 0 Å². The highest BCUT2D eigenvalue weighted by atomic mass is 16.3. The highest BCUT2D eigenvalue weighted by molar-refractivity contribution is 5.95. The first-order valence-electron chi connectivity index (χ1n) is 5.09. The minimum Gasteiger partial charge on any atom is -0.504 e. The van der Waals surface area contributed by atoms with Gasteiger partial charge in [0.15, 0.2) is 17.2 Å². The van der Waals surface area contributed by atoms with Crippen LogP contribution in [0.3, 0.4) is 0 Å². The van der Waals surface area contributed by atoms with Crippen molar-refractivity contribution < 1.29 is 20.1 Å². The molecular weight excluding hydrogens is 210 g/mol. The summed E-state index contributed by atoms with van der Waals surface area (Å²) in [7, 11) is 0. The summed E-state index contributed by atoms with van der Waals surface area (Å²) in [6.45, 7) is 2.54. The standard InChI is InChI=1S/C11H15NO4/c1-2-3-4-12-11(16)7-5-8(13)10(15)9(14)6-7/h5-6,13-15H,2-4H2,1H3,(H,12,16). The minimum absolute atomic E-state index is 0.115. The molecule has 16 heavy (non-hydrogen) atoms. The second-order valence-electron chi connectivity index (χ2n) is 3.47. The number of carbonyl (C=O) groups is 1. The summed E-state index contributed by atoms with van der Waals surface area (Å²) in [5.41, 5.74) is 0.115. The van der Waals surface area contributed by atoms with E-state index in [4.69, 9.17) is 5.11 Å². The first kappa shape index (κ1) is 12.2. The zero-order chi connectivity index (χ0) is 12.1. The third-order valence-electron chi connectivity index (χ3n) is 2.15. The molecule has 0 fully saturated rings. The predicted octanol–water partition coefficient (Wildman–Crippen LogP) is 1.33. The molecule has 5 nitrogen and oxygen atoms in total. The van der Waals surface area contributed by atoms with E-state index in [0.29, 0.717) is 6.54 Å². The van der Waals surface area contributed by atoms with Crippen LogP contribution in [0.5, 0.6) is 17.2 Å². The van der Waals surface area contributed by atoms with Gasteiger partial charge in [-0.2, -0.15) is 0 Å². The molecule has 0 saturated heterocycles. The molecule has 0 radical (unpaired) electrons. The lowest BCUT2D eigenvalue weighted by atomic mass is 10.1. The predicted molar refractivity (Wildman–Crippen MR) is 58.7 cm³/mol. The molecule has 1 rings (SSSR count). The van der Waals surface area contributed by atoms with E-state index in [2.05, 4.69) is 5.32 Å². The molecule has 1 aromatic carbocycles. The number of aromatic hydroxyl groups is 3. The monoisotopic (exact) mass is 225 g/mol. The van der Waals surface area contributed by atoms with Crippen LogP contribution in [0.2, 0.25) is 0 Å². The number of nitrogens with one attached hydrogen (secondary N) is 1. The van der Waals surface area contributed by atoms with E-state index < -0.39 is 17.2 Å². The summed E-state index contributed by atoms with van der Waals surface area (Å²) in [6, 6.07) is 2.21. The third kappa shape index (κ3) is 2.79. The van der Waals surface area contributed by atoms with Crippen molar-refractivity contribution in [2.24, 2.45) is 0 Å². The molecule has 1 aromatic rings. The first-order valence-corrected chi connectivity index (χ1v) is 5.09. The number of hydrogen-bond donors (Lipinski definition) is 4. The molecule has 0 aliphatic heterocycles. The number of benzene rings is 1. The van der Waals surface area contributed by atoms with Gasteiger partial charge < -0.3 is 20.6 Å². The van der Waals surface area contributed by atoms with Crippen LogP contribution in [0.25, 0.3) is 0 Å². The van der Waals surface area contributed by atoms with Crippen LogP contribution < -0.4 is 5.32 Å². The van der Waals surface area contributed by atoms with Crippen LogP contribution >= 0.6 is 0 Å². The van der Waals surface area contributed by atoms with Gasteiger partial charge in [0.2, 0.25) is 0 Å². The van der Waals surface area contributed by atoms with Crippen molar-refractivity contribution in [3.63, 3.8) is 0 Å². The quantitative estimate of drug-likeness (QED) is 0.459. The maximum Gasteiger partial charge on any atom is 0.251 e. The lowest BCUT2D eigenvalue weighted by Gasteiger charge is -2.06. The Morgan fingerprint density at radius 2 is 1.81 bits per heavy atom. The van der Waals surface area contributed by atoms with Gasteiger partial charge in [-0.25, -0.2) is 0 Å². The average molecular weight is 225 g/mol. The molecule has 5 heteroatoms. The fourth-order valence-corrected chi connectivity index (χ4v) is 1.22. The van der Waals surface area contributed by atoms with Crippen LogP contribution in [-0.2, 0) is 0 Å². The fourth-order valence-electron chi connectivity index (χ4n) is 1.22. The van der Waals surface area contributed by atoms with E-state index >= 15 is 0 Å². The van der Waals surface area contributed by atoms with E-state index in [1.165, 1.54) is 0 Å². The number of rotatable bonds is 4. The molecule has 0 aliphatic rings. The first-order chi connectivity index (χ1) is 7.56. The van der Waals surface area contributed by atoms with E-state index in [0.717, 1.165) is 25.0 Å².